The second kappa shape index (κ2) is 7.17. The van der Waals surface area contributed by atoms with Gasteiger partial charge in [0.2, 0.25) is 0 Å². The van der Waals surface area contributed by atoms with Crippen LogP contribution >= 0.6 is 15.9 Å². The molecule has 2 aromatic rings. The molecule has 0 aliphatic rings. The monoisotopic (exact) mass is 379 g/mol. The second-order valence-electron chi connectivity index (χ2n) is 5.48. The molecule has 0 spiro atoms. The number of carbonyl (C=O) groups is 1. The van der Waals surface area contributed by atoms with Crippen molar-refractivity contribution < 1.29 is 9.53 Å². The molecule has 0 radical (unpaired) electrons. The fraction of sp³-hybridized carbons (Fsp3) is 0.412. The Bertz CT molecular complexity index is 725. The number of aromatic nitrogens is 2. The number of hydrogen-bond acceptors (Lipinski definition) is 3. The largest absolute Gasteiger partial charge is 0.496 e. The van der Waals surface area contributed by atoms with Crippen molar-refractivity contribution in [2.75, 3.05) is 14.2 Å². The van der Waals surface area contributed by atoms with Gasteiger partial charge in [0, 0.05) is 37.0 Å². The number of aryl methyl sites for hydroxylation is 2. The van der Waals surface area contributed by atoms with Crippen molar-refractivity contribution >= 4 is 21.8 Å². The molecule has 23 heavy (non-hydrogen) atoms. The molecular weight excluding hydrogens is 358 g/mol. The van der Waals surface area contributed by atoms with E-state index in [0.29, 0.717) is 17.9 Å². The highest BCUT2D eigenvalue weighted by Gasteiger charge is 2.18. The zero-order valence-electron chi connectivity index (χ0n) is 14.2. The molecule has 0 atom stereocenters. The molecule has 1 aromatic heterocycles. The van der Waals surface area contributed by atoms with Crippen LogP contribution in [0.2, 0.25) is 0 Å². The van der Waals surface area contributed by atoms with Gasteiger partial charge in [-0.25, -0.2) is 0 Å². The Kier molecular flexibility index (Phi) is 5.46. The highest BCUT2D eigenvalue weighted by atomic mass is 79.9. The second-order valence-corrected chi connectivity index (χ2v) is 6.33. The Morgan fingerprint density at radius 1 is 1.39 bits per heavy atom. The van der Waals surface area contributed by atoms with Crippen LogP contribution in [0.1, 0.15) is 34.2 Å². The average Bonchev–Trinajstić information content (AvgIpc) is 2.81. The Hall–Kier alpha value is -1.82. The molecule has 1 heterocycles. The van der Waals surface area contributed by atoms with Gasteiger partial charge in [0.25, 0.3) is 5.91 Å². The van der Waals surface area contributed by atoms with E-state index in [2.05, 4.69) is 28.0 Å². The summed E-state index contributed by atoms with van der Waals surface area (Å²) in [6.07, 6.45) is 0. The lowest BCUT2D eigenvalue weighted by Gasteiger charge is -2.18. The highest BCUT2D eigenvalue weighted by Crippen LogP contribution is 2.26. The molecule has 1 aromatic carbocycles. The molecular formula is C17H22BrN3O2. The number of benzene rings is 1. The molecule has 6 heteroatoms. The molecule has 0 unspecified atom stereocenters. The van der Waals surface area contributed by atoms with Crippen LogP contribution in [-0.4, -0.2) is 34.7 Å². The van der Waals surface area contributed by atoms with Crippen LogP contribution in [0, 0.1) is 13.8 Å². The molecule has 0 saturated carbocycles. The van der Waals surface area contributed by atoms with Gasteiger partial charge in [-0.3, -0.25) is 9.48 Å². The third kappa shape index (κ3) is 3.58. The minimum absolute atomic E-state index is 0.0311. The minimum atomic E-state index is -0.0311. The van der Waals surface area contributed by atoms with Gasteiger partial charge < -0.3 is 9.64 Å². The lowest BCUT2D eigenvalue weighted by atomic mass is 10.1. The fourth-order valence-corrected chi connectivity index (χ4v) is 3.14. The van der Waals surface area contributed by atoms with Crippen LogP contribution in [-0.2, 0) is 13.1 Å². The quantitative estimate of drug-likeness (QED) is 0.797. The van der Waals surface area contributed by atoms with E-state index >= 15 is 0 Å². The summed E-state index contributed by atoms with van der Waals surface area (Å²) in [6, 6.07) is 5.35. The van der Waals surface area contributed by atoms with Crippen LogP contribution < -0.4 is 4.74 Å². The minimum Gasteiger partial charge on any atom is -0.496 e. The van der Waals surface area contributed by atoms with Crippen LogP contribution in [0.25, 0.3) is 0 Å². The summed E-state index contributed by atoms with van der Waals surface area (Å²) in [4.78, 5) is 14.4. The number of methoxy groups -OCH3 is 1. The first-order chi connectivity index (χ1) is 10.9. The summed E-state index contributed by atoms with van der Waals surface area (Å²) in [6.45, 7) is 7.46. The first-order valence-corrected chi connectivity index (χ1v) is 8.30. The molecule has 0 aliphatic heterocycles. The summed E-state index contributed by atoms with van der Waals surface area (Å²) < 4.78 is 7.93. The number of hydrogen-bond donors (Lipinski definition) is 0. The van der Waals surface area contributed by atoms with Gasteiger partial charge >= 0.3 is 0 Å². The van der Waals surface area contributed by atoms with E-state index in [1.807, 2.05) is 25.6 Å². The van der Waals surface area contributed by atoms with Crippen molar-refractivity contribution in [3.8, 4) is 5.75 Å². The van der Waals surface area contributed by atoms with Crippen molar-refractivity contribution in [1.29, 1.82) is 0 Å². The Balaban J connectivity index is 2.20. The molecule has 0 fully saturated rings. The van der Waals surface area contributed by atoms with Crippen LogP contribution in [0.5, 0.6) is 5.75 Å². The fourth-order valence-electron chi connectivity index (χ4n) is 2.60. The van der Waals surface area contributed by atoms with E-state index in [9.17, 15) is 4.79 Å². The average molecular weight is 380 g/mol. The van der Waals surface area contributed by atoms with Crippen molar-refractivity contribution in [2.45, 2.75) is 33.9 Å². The number of ether oxygens (including phenoxy) is 1. The molecule has 1 amide bonds. The Morgan fingerprint density at radius 2 is 2.09 bits per heavy atom. The zero-order valence-corrected chi connectivity index (χ0v) is 15.8. The summed E-state index contributed by atoms with van der Waals surface area (Å²) >= 11 is 3.42. The molecule has 0 saturated heterocycles. The van der Waals surface area contributed by atoms with Gasteiger partial charge in [-0.2, -0.15) is 5.10 Å². The third-order valence-electron chi connectivity index (χ3n) is 3.97. The van der Waals surface area contributed by atoms with Gasteiger partial charge in [-0.05, 0) is 54.9 Å². The topological polar surface area (TPSA) is 47.4 Å². The molecule has 124 valence electrons. The van der Waals surface area contributed by atoms with Crippen molar-refractivity contribution in [1.82, 2.24) is 14.7 Å². The zero-order chi connectivity index (χ0) is 17.1. The molecule has 0 bridgehead atoms. The van der Waals surface area contributed by atoms with Gasteiger partial charge in [-0.15, -0.1) is 0 Å². The lowest BCUT2D eigenvalue weighted by molar-refractivity contribution is 0.0784. The predicted octanol–water partition coefficient (Wildman–Crippen LogP) is 3.56. The first kappa shape index (κ1) is 17.5. The van der Waals surface area contributed by atoms with Gasteiger partial charge in [0.15, 0.2) is 0 Å². The van der Waals surface area contributed by atoms with E-state index < -0.39 is 0 Å². The van der Waals surface area contributed by atoms with Gasteiger partial charge in [0.1, 0.15) is 5.75 Å². The number of carbonyl (C=O) groups excluding carboxylic acids is 1. The molecule has 0 N–H and O–H groups in total. The van der Waals surface area contributed by atoms with E-state index in [-0.39, 0.29) is 5.91 Å². The smallest absolute Gasteiger partial charge is 0.253 e. The van der Waals surface area contributed by atoms with Gasteiger partial charge in [0.05, 0.1) is 17.3 Å². The maximum absolute atomic E-state index is 12.6. The lowest BCUT2D eigenvalue weighted by Crippen LogP contribution is -2.26. The normalized spacial score (nSPS) is 10.7. The van der Waals surface area contributed by atoms with Crippen LogP contribution in [0.15, 0.2) is 22.7 Å². The molecule has 0 aliphatic carbocycles. The first-order valence-electron chi connectivity index (χ1n) is 7.50. The van der Waals surface area contributed by atoms with E-state index in [4.69, 9.17) is 4.74 Å². The molecule has 2 rings (SSSR count). The Morgan fingerprint density at radius 3 is 2.61 bits per heavy atom. The highest BCUT2D eigenvalue weighted by molar-refractivity contribution is 9.10. The third-order valence-corrected chi connectivity index (χ3v) is 4.59. The number of amides is 1. The molecule has 5 nitrogen and oxygen atoms in total. The maximum Gasteiger partial charge on any atom is 0.253 e. The van der Waals surface area contributed by atoms with Crippen LogP contribution in [0.4, 0.5) is 0 Å². The summed E-state index contributed by atoms with van der Waals surface area (Å²) in [5, 5.41) is 4.51. The number of nitrogens with zero attached hydrogens (tertiary/aromatic N) is 3. The number of halogens is 1. The standard InChI is InChI=1S/C17H22BrN3O2/c1-6-21-12(3)14(11(2)19-21)10-20(4)17(22)13-7-8-16(23-5)15(18)9-13/h7-9H,6,10H2,1-5H3. The van der Waals surface area contributed by atoms with E-state index in [1.165, 1.54) is 0 Å². The maximum atomic E-state index is 12.6. The number of rotatable bonds is 5. The van der Waals surface area contributed by atoms with Crippen LogP contribution in [0.3, 0.4) is 0 Å². The summed E-state index contributed by atoms with van der Waals surface area (Å²) in [5.74, 6) is 0.677. The van der Waals surface area contributed by atoms with E-state index in [1.54, 1.807) is 30.2 Å². The predicted molar refractivity (Wildman–Crippen MR) is 93.9 cm³/mol. The van der Waals surface area contributed by atoms with E-state index in [0.717, 1.165) is 28.0 Å². The SMILES string of the molecule is CCn1nc(C)c(CN(C)C(=O)c2ccc(OC)c(Br)c2)c1C. The Labute approximate surface area is 145 Å². The van der Waals surface area contributed by atoms with Crippen molar-refractivity contribution in [2.24, 2.45) is 0 Å². The summed E-state index contributed by atoms with van der Waals surface area (Å²) in [5.41, 5.74) is 3.81. The van der Waals surface area contributed by atoms with Crippen molar-refractivity contribution in [3.05, 3.63) is 45.2 Å². The van der Waals surface area contributed by atoms with Gasteiger partial charge in [-0.1, -0.05) is 0 Å². The summed E-state index contributed by atoms with van der Waals surface area (Å²) in [7, 11) is 3.41. The van der Waals surface area contributed by atoms with Crippen molar-refractivity contribution in [3.63, 3.8) is 0 Å².